The molecule has 1 aromatic heterocycles. The van der Waals surface area contributed by atoms with Gasteiger partial charge in [-0.15, -0.1) is 0 Å². The number of imidazole rings is 1. The number of hydrogen-bond donors (Lipinski definition) is 1. The Hall–Kier alpha value is -1.81. The number of nitrogens with one attached hydrogen (secondary N) is 1. The molecule has 19 heavy (non-hydrogen) atoms. The molecule has 1 aliphatic heterocycles. The Morgan fingerprint density at radius 1 is 1.26 bits per heavy atom. The third-order valence-corrected chi connectivity index (χ3v) is 3.49. The number of hydrogen-bond acceptors (Lipinski definition) is 3. The molecule has 1 N–H and O–H groups in total. The molecule has 2 aromatic rings. The van der Waals surface area contributed by atoms with Crippen LogP contribution in [0, 0.1) is 6.92 Å². The highest BCUT2D eigenvalue weighted by atomic mass is 15.3. The van der Waals surface area contributed by atoms with Gasteiger partial charge in [0.15, 0.2) is 0 Å². The number of piperazine rings is 1. The molecule has 100 valence electrons. The van der Waals surface area contributed by atoms with Crippen LogP contribution in [0.2, 0.25) is 0 Å². The summed E-state index contributed by atoms with van der Waals surface area (Å²) >= 11 is 0. The number of anilines is 1. The van der Waals surface area contributed by atoms with Crippen LogP contribution in [0.3, 0.4) is 0 Å². The van der Waals surface area contributed by atoms with Crippen LogP contribution in [0.1, 0.15) is 12.6 Å². The van der Waals surface area contributed by atoms with E-state index in [1.807, 2.05) is 6.07 Å². The summed E-state index contributed by atoms with van der Waals surface area (Å²) in [7, 11) is 0. The van der Waals surface area contributed by atoms with Crippen LogP contribution in [-0.4, -0.2) is 35.2 Å². The third kappa shape index (κ3) is 2.49. The topological polar surface area (TPSA) is 33.1 Å². The number of aromatic nitrogens is 2. The largest absolute Gasteiger partial charge is 0.339 e. The van der Waals surface area contributed by atoms with E-state index < -0.39 is 0 Å². The van der Waals surface area contributed by atoms with Crippen LogP contribution < -0.4 is 10.2 Å². The summed E-state index contributed by atoms with van der Waals surface area (Å²) in [6, 6.07) is 10.9. The van der Waals surface area contributed by atoms with Crippen molar-refractivity contribution in [3.63, 3.8) is 0 Å². The Balaban J connectivity index is 1.97. The Morgan fingerprint density at radius 2 is 2.05 bits per heavy atom. The zero-order valence-corrected chi connectivity index (χ0v) is 11.5. The third-order valence-electron chi connectivity index (χ3n) is 3.49. The van der Waals surface area contributed by atoms with E-state index in [0.29, 0.717) is 6.04 Å². The van der Waals surface area contributed by atoms with Crippen molar-refractivity contribution < 1.29 is 0 Å². The smallest absolute Gasteiger partial charge is 0.210 e. The lowest BCUT2D eigenvalue weighted by Crippen LogP contribution is -2.50. The van der Waals surface area contributed by atoms with E-state index in [0.717, 1.165) is 31.3 Å². The minimum absolute atomic E-state index is 0.509. The number of para-hydroxylation sites is 1. The van der Waals surface area contributed by atoms with Crippen LogP contribution in [-0.2, 0) is 0 Å². The summed E-state index contributed by atoms with van der Waals surface area (Å²) in [6.07, 6.45) is 2.11. The fraction of sp³-hybridized carbons (Fsp3) is 0.400. The van der Waals surface area contributed by atoms with Gasteiger partial charge in [0.05, 0.1) is 5.69 Å². The van der Waals surface area contributed by atoms with E-state index in [9.17, 15) is 0 Å². The van der Waals surface area contributed by atoms with Crippen molar-refractivity contribution in [1.82, 2.24) is 14.9 Å². The van der Waals surface area contributed by atoms with E-state index in [2.05, 4.69) is 59.1 Å². The first-order valence-electron chi connectivity index (χ1n) is 6.84. The summed E-state index contributed by atoms with van der Waals surface area (Å²) in [6.45, 7) is 7.29. The van der Waals surface area contributed by atoms with Crippen LogP contribution in [0.25, 0.3) is 5.69 Å². The van der Waals surface area contributed by atoms with Gasteiger partial charge in [-0.05, 0) is 26.0 Å². The van der Waals surface area contributed by atoms with Gasteiger partial charge in [0, 0.05) is 37.6 Å². The fourth-order valence-corrected chi connectivity index (χ4v) is 2.60. The van der Waals surface area contributed by atoms with E-state index >= 15 is 0 Å². The van der Waals surface area contributed by atoms with E-state index in [1.54, 1.807) is 0 Å². The van der Waals surface area contributed by atoms with Crippen LogP contribution in [0.15, 0.2) is 36.5 Å². The van der Waals surface area contributed by atoms with Crippen molar-refractivity contribution in [2.45, 2.75) is 19.9 Å². The van der Waals surface area contributed by atoms with Crippen molar-refractivity contribution in [1.29, 1.82) is 0 Å². The van der Waals surface area contributed by atoms with Gasteiger partial charge in [-0.1, -0.05) is 18.2 Å². The number of aryl methyl sites for hydroxylation is 1. The zero-order valence-electron chi connectivity index (χ0n) is 11.5. The van der Waals surface area contributed by atoms with Crippen LogP contribution in [0.5, 0.6) is 0 Å². The molecule has 3 rings (SSSR count). The molecule has 0 saturated carbocycles. The second-order valence-electron chi connectivity index (χ2n) is 5.19. The molecule has 1 atom stereocenters. The lowest BCUT2D eigenvalue weighted by molar-refractivity contribution is 0.478. The molecule has 1 aromatic carbocycles. The standard InChI is InChI=1S/C15H20N4/c1-12-10-18(9-8-16-12)15-17-13(2)11-19(15)14-6-4-3-5-7-14/h3-7,11-12,16H,8-10H2,1-2H3/t12-/m1/s1. The maximum Gasteiger partial charge on any atom is 0.210 e. The molecular formula is C15H20N4. The predicted molar refractivity (Wildman–Crippen MR) is 78.0 cm³/mol. The first-order chi connectivity index (χ1) is 9.24. The highest BCUT2D eigenvalue weighted by Gasteiger charge is 2.20. The van der Waals surface area contributed by atoms with Gasteiger partial charge >= 0.3 is 0 Å². The zero-order chi connectivity index (χ0) is 13.2. The SMILES string of the molecule is Cc1cn(-c2ccccc2)c(N2CCN[C@H](C)C2)n1. The van der Waals surface area contributed by atoms with E-state index in [4.69, 9.17) is 4.98 Å². The molecule has 2 heterocycles. The van der Waals surface area contributed by atoms with Crippen molar-refractivity contribution in [3.8, 4) is 5.69 Å². The molecule has 4 nitrogen and oxygen atoms in total. The fourth-order valence-electron chi connectivity index (χ4n) is 2.60. The summed E-state index contributed by atoms with van der Waals surface area (Å²) in [5.41, 5.74) is 2.23. The molecule has 0 aliphatic carbocycles. The van der Waals surface area contributed by atoms with Crippen molar-refractivity contribution in [3.05, 3.63) is 42.2 Å². The highest BCUT2D eigenvalue weighted by molar-refractivity contribution is 5.45. The monoisotopic (exact) mass is 256 g/mol. The van der Waals surface area contributed by atoms with Gasteiger partial charge in [-0.25, -0.2) is 4.98 Å². The van der Waals surface area contributed by atoms with Crippen molar-refractivity contribution in [2.24, 2.45) is 0 Å². The molecule has 1 saturated heterocycles. The van der Waals surface area contributed by atoms with Crippen molar-refractivity contribution in [2.75, 3.05) is 24.5 Å². The average molecular weight is 256 g/mol. The summed E-state index contributed by atoms with van der Waals surface area (Å²) in [4.78, 5) is 7.07. The van der Waals surface area contributed by atoms with Gasteiger partial charge in [-0.2, -0.15) is 0 Å². The second-order valence-corrected chi connectivity index (χ2v) is 5.19. The maximum absolute atomic E-state index is 4.71. The minimum Gasteiger partial charge on any atom is -0.339 e. The van der Waals surface area contributed by atoms with E-state index in [-0.39, 0.29) is 0 Å². The molecule has 0 bridgehead atoms. The summed E-state index contributed by atoms with van der Waals surface area (Å²) in [5.74, 6) is 1.05. The van der Waals surface area contributed by atoms with Gasteiger partial charge in [0.2, 0.25) is 5.95 Å². The van der Waals surface area contributed by atoms with Gasteiger partial charge in [0.25, 0.3) is 0 Å². The highest BCUT2D eigenvalue weighted by Crippen LogP contribution is 2.21. The summed E-state index contributed by atoms with van der Waals surface area (Å²) < 4.78 is 2.19. The molecule has 4 heteroatoms. The number of benzene rings is 1. The lowest BCUT2D eigenvalue weighted by atomic mass is 10.2. The molecule has 0 amide bonds. The molecule has 1 fully saturated rings. The predicted octanol–water partition coefficient (Wildman–Crippen LogP) is 1.98. The lowest BCUT2D eigenvalue weighted by Gasteiger charge is -2.32. The molecule has 0 unspecified atom stereocenters. The number of rotatable bonds is 2. The van der Waals surface area contributed by atoms with Crippen LogP contribution in [0.4, 0.5) is 5.95 Å². The Kier molecular flexibility index (Phi) is 3.25. The van der Waals surface area contributed by atoms with Crippen molar-refractivity contribution >= 4 is 5.95 Å². The maximum atomic E-state index is 4.71. The van der Waals surface area contributed by atoms with E-state index in [1.165, 1.54) is 5.69 Å². The summed E-state index contributed by atoms with van der Waals surface area (Å²) in [5, 5.41) is 3.47. The Labute approximate surface area is 114 Å². The second kappa shape index (κ2) is 5.05. The first kappa shape index (κ1) is 12.2. The van der Waals surface area contributed by atoms with Crippen LogP contribution >= 0.6 is 0 Å². The molecular weight excluding hydrogens is 236 g/mol. The van der Waals surface area contributed by atoms with Gasteiger partial charge in [-0.3, -0.25) is 4.57 Å². The van der Waals surface area contributed by atoms with Gasteiger partial charge < -0.3 is 10.2 Å². The molecule has 0 radical (unpaired) electrons. The molecule has 1 aliphatic rings. The Morgan fingerprint density at radius 3 is 2.79 bits per heavy atom. The molecule has 0 spiro atoms. The Bertz CT molecular complexity index is 547. The number of nitrogens with zero attached hydrogens (tertiary/aromatic N) is 3. The van der Waals surface area contributed by atoms with Gasteiger partial charge in [0.1, 0.15) is 0 Å². The minimum atomic E-state index is 0.509. The normalized spacial score (nSPS) is 19.7. The first-order valence-corrected chi connectivity index (χ1v) is 6.84. The average Bonchev–Trinajstić information content (AvgIpc) is 2.82. The quantitative estimate of drug-likeness (QED) is 0.892.